The van der Waals surface area contributed by atoms with E-state index >= 15 is 0 Å². The maximum Gasteiger partial charge on any atom is 0.0291 e. The first-order valence-corrected chi connectivity index (χ1v) is 12.2. The third-order valence-corrected chi connectivity index (χ3v) is 5.57. The van der Waals surface area contributed by atoms with Crippen LogP contribution in [-0.2, 0) is 0 Å². The first kappa shape index (κ1) is 25.7. The molecule has 0 fully saturated rings. The third kappa shape index (κ3) is 14.3. The number of rotatable bonds is 17. The van der Waals surface area contributed by atoms with Crippen molar-refractivity contribution in [1.82, 2.24) is 5.32 Å². The van der Waals surface area contributed by atoms with Gasteiger partial charge in [-0.1, -0.05) is 99.1 Å². The van der Waals surface area contributed by atoms with Crippen LogP contribution in [0.2, 0.25) is 0 Å². The molecule has 0 aromatic heterocycles. The maximum absolute atomic E-state index is 3.69. The molecule has 0 heterocycles. The summed E-state index contributed by atoms with van der Waals surface area (Å²) in [5.41, 5.74) is 4.15. The zero-order chi connectivity index (χ0) is 21.2. The largest absolute Gasteiger partial charge is 0.310 e. The zero-order valence-electron chi connectivity index (χ0n) is 19.8. The standard InChI is InChI=1S/C28H47N/c1-5-6-7-8-9-10-11-12-13-14-15-16-17-18-19-20-21-29-27(4)28-23-25(2)22-26(3)24-28/h9-10,12-13,22-24,27,29H,5-8,11,14-21H2,1-4H3/b10-9-,13-12-. The summed E-state index contributed by atoms with van der Waals surface area (Å²) >= 11 is 0. The molecule has 1 heteroatoms. The molecule has 29 heavy (non-hydrogen) atoms. The molecule has 1 N–H and O–H groups in total. The van der Waals surface area contributed by atoms with Gasteiger partial charge < -0.3 is 5.32 Å². The Morgan fingerprint density at radius 2 is 1.28 bits per heavy atom. The maximum atomic E-state index is 3.69. The molecule has 0 aliphatic heterocycles. The number of hydrogen-bond donors (Lipinski definition) is 1. The van der Waals surface area contributed by atoms with E-state index in [0.29, 0.717) is 6.04 Å². The third-order valence-electron chi connectivity index (χ3n) is 5.57. The van der Waals surface area contributed by atoms with Gasteiger partial charge in [0.15, 0.2) is 0 Å². The molecule has 1 aromatic rings. The van der Waals surface area contributed by atoms with Crippen molar-refractivity contribution >= 4 is 0 Å². The van der Waals surface area contributed by atoms with Crippen molar-refractivity contribution in [1.29, 1.82) is 0 Å². The number of aryl methyl sites for hydroxylation is 2. The Kier molecular flexibility index (Phi) is 15.5. The highest BCUT2D eigenvalue weighted by Crippen LogP contribution is 2.16. The Morgan fingerprint density at radius 3 is 1.90 bits per heavy atom. The molecule has 164 valence electrons. The average Bonchev–Trinajstić information content (AvgIpc) is 2.69. The number of unbranched alkanes of at least 4 members (excludes halogenated alkanes) is 9. The molecule has 0 radical (unpaired) electrons. The highest BCUT2D eigenvalue weighted by Gasteiger charge is 2.05. The zero-order valence-corrected chi connectivity index (χ0v) is 19.8. The van der Waals surface area contributed by atoms with E-state index in [0.717, 1.165) is 13.0 Å². The van der Waals surface area contributed by atoms with E-state index in [1.165, 1.54) is 87.3 Å². The second kappa shape index (κ2) is 17.5. The van der Waals surface area contributed by atoms with Gasteiger partial charge in [0.2, 0.25) is 0 Å². The van der Waals surface area contributed by atoms with E-state index < -0.39 is 0 Å². The minimum atomic E-state index is 0.451. The van der Waals surface area contributed by atoms with Crippen LogP contribution in [0.5, 0.6) is 0 Å². The molecular formula is C28H47N. The van der Waals surface area contributed by atoms with Crippen molar-refractivity contribution in [3.05, 3.63) is 59.2 Å². The monoisotopic (exact) mass is 397 g/mol. The lowest BCUT2D eigenvalue weighted by Gasteiger charge is -2.15. The molecular weight excluding hydrogens is 350 g/mol. The second-order valence-corrected chi connectivity index (χ2v) is 8.68. The fraction of sp³-hybridized carbons (Fsp3) is 0.643. The summed E-state index contributed by atoms with van der Waals surface area (Å²) in [4.78, 5) is 0. The molecule has 0 saturated heterocycles. The topological polar surface area (TPSA) is 12.0 Å². The Morgan fingerprint density at radius 1 is 0.724 bits per heavy atom. The van der Waals surface area contributed by atoms with Crippen molar-refractivity contribution < 1.29 is 0 Å². The fourth-order valence-electron chi connectivity index (χ4n) is 3.81. The summed E-state index contributed by atoms with van der Waals surface area (Å²) in [6, 6.07) is 7.32. The van der Waals surface area contributed by atoms with E-state index in [1.54, 1.807) is 0 Å². The van der Waals surface area contributed by atoms with Crippen molar-refractivity contribution in [2.24, 2.45) is 0 Å². The molecule has 1 aromatic carbocycles. The summed E-state index contributed by atoms with van der Waals surface area (Å²) in [5, 5.41) is 3.69. The van der Waals surface area contributed by atoms with Crippen LogP contribution in [0, 0.1) is 13.8 Å². The van der Waals surface area contributed by atoms with Crippen LogP contribution in [0.4, 0.5) is 0 Å². The Hall–Kier alpha value is -1.34. The van der Waals surface area contributed by atoms with E-state index in [-0.39, 0.29) is 0 Å². The summed E-state index contributed by atoms with van der Waals surface area (Å²) < 4.78 is 0. The fourth-order valence-corrected chi connectivity index (χ4v) is 3.81. The summed E-state index contributed by atoms with van der Waals surface area (Å²) in [6.07, 6.45) is 25.1. The van der Waals surface area contributed by atoms with Gasteiger partial charge in [0.25, 0.3) is 0 Å². The molecule has 1 unspecified atom stereocenters. The molecule has 0 saturated carbocycles. The summed E-state index contributed by atoms with van der Waals surface area (Å²) in [6.45, 7) is 10.0. The molecule has 1 rings (SSSR count). The molecule has 0 spiro atoms. The van der Waals surface area contributed by atoms with Gasteiger partial charge in [-0.15, -0.1) is 0 Å². The first-order chi connectivity index (χ1) is 14.1. The summed E-state index contributed by atoms with van der Waals surface area (Å²) in [5.74, 6) is 0. The van der Waals surface area contributed by atoms with Crippen LogP contribution < -0.4 is 5.32 Å². The van der Waals surface area contributed by atoms with Crippen molar-refractivity contribution in [2.45, 2.75) is 111 Å². The molecule has 0 amide bonds. The van der Waals surface area contributed by atoms with E-state index in [2.05, 4.69) is 75.5 Å². The minimum Gasteiger partial charge on any atom is -0.310 e. The van der Waals surface area contributed by atoms with Crippen molar-refractivity contribution in [2.75, 3.05) is 6.54 Å². The van der Waals surface area contributed by atoms with Crippen LogP contribution in [0.3, 0.4) is 0 Å². The van der Waals surface area contributed by atoms with Crippen LogP contribution in [0.25, 0.3) is 0 Å². The lowest BCUT2D eigenvalue weighted by molar-refractivity contribution is 0.525. The number of nitrogens with one attached hydrogen (secondary N) is 1. The predicted octanol–water partition coefficient (Wildman–Crippen LogP) is 8.77. The SMILES string of the molecule is CCCCC/C=C\C/C=C\CCCCCCCCNC(C)c1cc(C)cc(C)c1. The molecule has 1 atom stereocenters. The van der Waals surface area contributed by atoms with Crippen molar-refractivity contribution in [3.63, 3.8) is 0 Å². The highest BCUT2D eigenvalue weighted by molar-refractivity contribution is 5.30. The molecule has 0 aliphatic carbocycles. The van der Waals surface area contributed by atoms with Gasteiger partial charge in [-0.2, -0.15) is 0 Å². The number of allylic oxidation sites excluding steroid dienone is 4. The normalized spacial score (nSPS) is 13.0. The van der Waals surface area contributed by atoms with E-state index in [4.69, 9.17) is 0 Å². The second-order valence-electron chi connectivity index (χ2n) is 8.68. The number of benzene rings is 1. The van der Waals surface area contributed by atoms with Crippen LogP contribution in [0.1, 0.15) is 114 Å². The molecule has 0 bridgehead atoms. The predicted molar refractivity (Wildman–Crippen MR) is 132 cm³/mol. The Balaban J connectivity index is 1.91. The Labute approximate surface area is 182 Å². The highest BCUT2D eigenvalue weighted by atomic mass is 14.9. The lowest BCUT2D eigenvalue weighted by atomic mass is 10.0. The van der Waals surface area contributed by atoms with Gasteiger partial charge in [0.1, 0.15) is 0 Å². The van der Waals surface area contributed by atoms with Gasteiger partial charge in [-0.05, 0) is 71.4 Å². The van der Waals surface area contributed by atoms with Gasteiger partial charge in [0, 0.05) is 6.04 Å². The van der Waals surface area contributed by atoms with Crippen LogP contribution >= 0.6 is 0 Å². The summed E-state index contributed by atoms with van der Waals surface area (Å²) in [7, 11) is 0. The molecule has 1 nitrogen and oxygen atoms in total. The van der Waals surface area contributed by atoms with Gasteiger partial charge in [-0.25, -0.2) is 0 Å². The lowest BCUT2D eigenvalue weighted by Crippen LogP contribution is -2.20. The van der Waals surface area contributed by atoms with E-state index in [1.807, 2.05) is 0 Å². The number of hydrogen-bond acceptors (Lipinski definition) is 1. The van der Waals surface area contributed by atoms with Crippen molar-refractivity contribution in [3.8, 4) is 0 Å². The van der Waals surface area contributed by atoms with Gasteiger partial charge in [-0.3, -0.25) is 0 Å². The Bertz CT molecular complexity index is 549. The van der Waals surface area contributed by atoms with Gasteiger partial charge >= 0.3 is 0 Å². The quantitative estimate of drug-likeness (QED) is 0.204. The van der Waals surface area contributed by atoms with Gasteiger partial charge in [0.05, 0.1) is 0 Å². The molecule has 0 aliphatic rings. The van der Waals surface area contributed by atoms with Crippen LogP contribution in [-0.4, -0.2) is 6.54 Å². The average molecular weight is 398 g/mol. The first-order valence-electron chi connectivity index (χ1n) is 12.2. The van der Waals surface area contributed by atoms with E-state index in [9.17, 15) is 0 Å². The minimum absolute atomic E-state index is 0.451. The van der Waals surface area contributed by atoms with Crippen LogP contribution in [0.15, 0.2) is 42.5 Å². The smallest absolute Gasteiger partial charge is 0.0291 e.